The molecule has 1 heterocycles. The predicted molar refractivity (Wildman–Crippen MR) is 101 cm³/mol. The quantitative estimate of drug-likeness (QED) is 0.585. The Hall–Kier alpha value is -2.55. The summed E-state index contributed by atoms with van der Waals surface area (Å²) >= 11 is 0. The minimum atomic E-state index is -0.141. The monoisotopic (exact) mass is 333 g/mol. The molecule has 2 aromatic carbocycles. The van der Waals surface area contributed by atoms with Gasteiger partial charge < -0.3 is 9.30 Å². The lowest BCUT2D eigenvalue weighted by molar-refractivity contribution is -0.143. The van der Waals surface area contributed by atoms with E-state index in [0.717, 1.165) is 11.6 Å². The number of carbonyl (C=O) groups excluding carboxylic acids is 1. The van der Waals surface area contributed by atoms with Crippen molar-refractivity contribution in [2.24, 2.45) is 0 Å². The molecular formula is C22H23NO2. The average Bonchev–Trinajstić information content (AvgIpc) is 3.42. The number of rotatable bonds is 6. The van der Waals surface area contributed by atoms with Gasteiger partial charge in [0.25, 0.3) is 0 Å². The topological polar surface area (TPSA) is 31.2 Å². The predicted octanol–water partition coefficient (Wildman–Crippen LogP) is 5.14. The fraction of sp³-hybridized carbons (Fsp3) is 0.318. The van der Waals surface area contributed by atoms with Crippen LogP contribution in [0.1, 0.15) is 37.7 Å². The van der Waals surface area contributed by atoms with Crippen molar-refractivity contribution >= 4 is 16.9 Å². The molecule has 0 unspecified atom stereocenters. The zero-order valence-electron chi connectivity index (χ0n) is 14.6. The van der Waals surface area contributed by atoms with E-state index in [2.05, 4.69) is 53.1 Å². The Labute approximate surface area is 148 Å². The van der Waals surface area contributed by atoms with Gasteiger partial charge in [-0.3, -0.25) is 4.79 Å². The van der Waals surface area contributed by atoms with Crippen LogP contribution in [0.15, 0.2) is 54.6 Å². The zero-order valence-corrected chi connectivity index (χ0v) is 14.6. The van der Waals surface area contributed by atoms with Crippen LogP contribution >= 0.6 is 0 Å². The maximum absolute atomic E-state index is 11.8. The molecule has 1 aliphatic carbocycles. The Morgan fingerprint density at radius 1 is 1.12 bits per heavy atom. The van der Waals surface area contributed by atoms with E-state index in [1.807, 2.05) is 13.0 Å². The summed E-state index contributed by atoms with van der Waals surface area (Å²) in [5, 5.41) is 1.26. The Bertz CT molecular complexity index is 891. The van der Waals surface area contributed by atoms with Gasteiger partial charge in [-0.25, -0.2) is 0 Å². The van der Waals surface area contributed by atoms with Gasteiger partial charge >= 0.3 is 5.97 Å². The molecule has 0 aliphatic heterocycles. The summed E-state index contributed by atoms with van der Waals surface area (Å²) in [7, 11) is 0. The van der Waals surface area contributed by atoms with Gasteiger partial charge in [-0.15, -0.1) is 0 Å². The molecule has 1 fully saturated rings. The molecular weight excluding hydrogens is 310 g/mol. The number of esters is 1. The second-order valence-corrected chi connectivity index (χ2v) is 6.69. The summed E-state index contributed by atoms with van der Waals surface area (Å²) in [4.78, 5) is 11.8. The van der Waals surface area contributed by atoms with E-state index in [1.165, 1.54) is 34.9 Å². The van der Waals surface area contributed by atoms with Crippen molar-refractivity contribution in [3.8, 4) is 11.3 Å². The molecule has 3 aromatic rings. The number of fused-ring (bicyclic) bond motifs is 1. The first-order valence-corrected chi connectivity index (χ1v) is 9.10. The van der Waals surface area contributed by atoms with Crippen LogP contribution in [-0.2, 0) is 16.1 Å². The van der Waals surface area contributed by atoms with Gasteiger partial charge in [-0.1, -0.05) is 36.4 Å². The normalized spacial score (nSPS) is 14.0. The van der Waals surface area contributed by atoms with Crippen LogP contribution in [0.25, 0.3) is 22.2 Å². The number of benzene rings is 2. The van der Waals surface area contributed by atoms with E-state index in [1.54, 1.807) is 0 Å². The summed E-state index contributed by atoms with van der Waals surface area (Å²) in [6.45, 7) is 2.91. The summed E-state index contributed by atoms with van der Waals surface area (Å²) in [5.74, 6) is 0.602. The van der Waals surface area contributed by atoms with Crippen molar-refractivity contribution in [3.05, 3.63) is 60.2 Å². The molecule has 0 N–H and O–H groups in total. The van der Waals surface area contributed by atoms with E-state index in [0.29, 0.717) is 19.6 Å². The van der Waals surface area contributed by atoms with E-state index in [4.69, 9.17) is 4.74 Å². The fourth-order valence-corrected chi connectivity index (χ4v) is 3.49. The van der Waals surface area contributed by atoms with Crippen molar-refractivity contribution in [2.45, 2.75) is 38.6 Å². The standard InChI is InChI=1S/C22H23NO2/c1-2-25-22(24)12-13-23-20-11-10-18(16-8-9-16)14-19(20)15-21(23)17-6-4-3-5-7-17/h3-7,10-11,14-16H,2,8-9,12-13H2,1H3. The first-order chi connectivity index (χ1) is 12.3. The number of aryl methyl sites for hydroxylation is 1. The van der Waals surface area contributed by atoms with Gasteiger partial charge in [0.05, 0.1) is 13.0 Å². The van der Waals surface area contributed by atoms with Crippen molar-refractivity contribution in [1.29, 1.82) is 0 Å². The van der Waals surface area contributed by atoms with Crippen molar-refractivity contribution in [1.82, 2.24) is 4.57 Å². The summed E-state index contributed by atoms with van der Waals surface area (Å²) in [6.07, 6.45) is 3.00. The molecule has 0 amide bonds. The highest BCUT2D eigenvalue weighted by Crippen LogP contribution is 2.41. The summed E-state index contributed by atoms with van der Waals surface area (Å²) in [6, 6.07) is 19.4. The van der Waals surface area contributed by atoms with Crippen molar-refractivity contribution < 1.29 is 9.53 Å². The molecule has 0 atom stereocenters. The molecule has 1 saturated carbocycles. The van der Waals surface area contributed by atoms with Crippen molar-refractivity contribution in [2.75, 3.05) is 6.61 Å². The van der Waals surface area contributed by atoms with Gasteiger partial charge in [0.15, 0.2) is 0 Å². The second-order valence-electron chi connectivity index (χ2n) is 6.69. The lowest BCUT2D eigenvalue weighted by atomic mass is 10.1. The Morgan fingerprint density at radius 3 is 2.64 bits per heavy atom. The third kappa shape index (κ3) is 3.32. The van der Waals surface area contributed by atoms with Crippen LogP contribution in [0, 0.1) is 0 Å². The number of nitrogens with zero attached hydrogens (tertiary/aromatic N) is 1. The molecule has 128 valence electrons. The van der Waals surface area contributed by atoms with Gasteiger partial charge in [0.2, 0.25) is 0 Å². The van der Waals surface area contributed by atoms with Gasteiger partial charge in [-0.05, 0) is 55.0 Å². The Kier molecular flexibility index (Phi) is 4.31. The third-order valence-electron chi connectivity index (χ3n) is 4.89. The van der Waals surface area contributed by atoms with Crippen molar-refractivity contribution in [3.63, 3.8) is 0 Å². The smallest absolute Gasteiger partial charge is 0.307 e. The fourth-order valence-electron chi connectivity index (χ4n) is 3.49. The molecule has 4 rings (SSSR count). The Balaban J connectivity index is 1.74. The average molecular weight is 333 g/mol. The number of hydrogen-bond donors (Lipinski definition) is 0. The molecule has 1 aliphatic rings. The van der Waals surface area contributed by atoms with E-state index in [9.17, 15) is 4.79 Å². The third-order valence-corrected chi connectivity index (χ3v) is 4.89. The van der Waals surface area contributed by atoms with Crippen LogP contribution in [0.2, 0.25) is 0 Å². The number of hydrogen-bond acceptors (Lipinski definition) is 2. The van der Waals surface area contributed by atoms with Gasteiger partial charge in [0, 0.05) is 23.1 Å². The maximum atomic E-state index is 11.8. The highest BCUT2D eigenvalue weighted by molar-refractivity contribution is 5.88. The molecule has 3 nitrogen and oxygen atoms in total. The highest BCUT2D eigenvalue weighted by Gasteiger charge is 2.24. The van der Waals surface area contributed by atoms with E-state index < -0.39 is 0 Å². The number of carbonyl (C=O) groups is 1. The van der Waals surface area contributed by atoms with Crippen LogP contribution in [0.5, 0.6) is 0 Å². The number of aromatic nitrogens is 1. The lowest BCUT2D eigenvalue weighted by Crippen LogP contribution is -2.09. The van der Waals surface area contributed by atoms with E-state index in [-0.39, 0.29) is 5.97 Å². The minimum Gasteiger partial charge on any atom is -0.466 e. The van der Waals surface area contributed by atoms with E-state index >= 15 is 0 Å². The second kappa shape index (κ2) is 6.75. The molecule has 0 saturated heterocycles. The van der Waals surface area contributed by atoms with Gasteiger partial charge in [-0.2, -0.15) is 0 Å². The van der Waals surface area contributed by atoms with Crippen LogP contribution in [0.3, 0.4) is 0 Å². The summed E-state index contributed by atoms with van der Waals surface area (Å²) in [5.41, 5.74) is 4.96. The van der Waals surface area contributed by atoms with Crippen LogP contribution < -0.4 is 0 Å². The lowest BCUT2D eigenvalue weighted by Gasteiger charge is -2.11. The highest BCUT2D eigenvalue weighted by atomic mass is 16.5. The zero-order chi connectivity index (χ0) is 17.2. The molecule has 0 radical (unpaired) electrons. The van der Waals surface area contributed by atoms with Crippen LogP contribution in [0.4, 0.5) is 0 Å². The maximum Gasteiger partial charge on any atom is 0.307 e. The molecule has 25 heavy (non-hydrogen) atoms. The van der Waals surface area contributed by atoms with Gasteiger partial charge in [0.1, 0.15) is 0 Å². The largest absolute Gasteiger partial charge is 0.466 e. The minimum absolute atomic E-state index is 0.141. The first kappa shape index (κ1) is 15.9. The SMILES string of the molecule is CCOC(=O)CCn1c(-c2ccccc2)cc2cc(C3CC3)ccc21. The molecule has 0 spiro atoms. The molecule has 0 bridgehead atoms. The Morgan fingerprint density at radius 2 is 1.92 bits per heavy atom. The molecule has 3 heteroatoms. The summed E-state index contributed by atoms with van der Waals surface area (Å²) < 4.78 is 7.35. The number of ether oxygens (including phenoxy) is 1. The first-order valence-electron chi connectivity index (χ1n) is 9.10. The van der Waals surface area contributed by atoms with Crippen LogP contribution in [-0.4, -0.2) is 17.1 Å². The molecule has 1 aromatic heterocycles.